The van der Waals surface area contributed by atoms with E-state index in [1.807, 2.05) is 6.07 Å². The predicted octanol–water partition coefficient (Wildman–Crippen LogP) is 3.11. The van der Waals surface area contributed by atoms with Gasteiger partial charge in [-0.25, -0.2) is 0 Å². The lowest BCUT2D eigenvalue weighted by atomic mass is 10.00. The van der Waals surface area contributed by atoms with Crippen LogP contribution in [0.2, 0.25) is 5.02 Å². The third-order valence-corrected chi connectivity index (χ3v) is 4.46. The number of benzene rings is 2. The molecule has 132 valence electrons. The molecule has 2 aromatic rings. The van der Waals surface area contributed by atoms with E-state index in [1.165, 1.54) is 0 Å². The number of allylic oxidation sites excluding steroid dienone is 1. The molecule has 2 aromatic carbocycles. The van der Waals surface area contributed by atoms with E-state index in [-0.39, 0.29) is 12.7 Å². The molecule has 0 fully saturated rings. The zero-order valence-corrected chi connectivity index (χ0v) is 14.5. The maximum Gasteiger partial charge on any atom is 0.255 e. The third-order valence-electron chi connectivity index (χ3n) is 4.21. The van der Waals surface area contributed by atoms with E-state index in [4.69, 9.17) is 26.8 Å². The normalized spacial score (nSPS) is 15.0. The molecule has 0 aliphatic carbocycles. The van der Waals surface area contributed by atoms with Crippen molar-refractivity contribution in [3.05, 3.63) is 70.5 Å². The third kappa shape index (κ3) is 2.95. The van der Waals surface area contributed by atoms with Gasteiger partial charge in [-0.2, -0.15) is 0 Å². The summed E-state index contributed by atoms with van der Waals surface area (Å²) in [7, 11) is 0. The van der Waals surface area contributed by atoms with Gasteiger partial charge in [-0.05, 0) is 48.7 Å². The molecule has 1 amide bonds. The van der Waals surface area contributed by atoms with Crippen molar-refractivity contribution in [2.24, 2.45) is 5.73 Å². The van der Waals surface area contributed by atoms with Crippen molar-refractivity contribution in [1.29, 1.82) is 0 Å². The number of hydrogen-bond donors (Lipinski definition) is 3. The Hall–Kier alpha value is -3.12. The first-order chi connectivity index (χ1) is 12.6. The molecule has 26 heavy (non-hydrogen) atoms. The van der Waals surface area contributed by atoms with E-state index in [1.54, 1.807) is 42.6 Å². The van der Waals surface area contributed by atoms with Crippen LogP contribution in [-0.4, -0.2) is 19.2 Å². The molecule has 0 saturated carbocycles. The molecule has 0 spiro atoms. The van der Waals surface area contributed by atoms with Crippen molar-refractivity contribution < 1.29 is 14.3 Å². The zero-order valence-electron chi connectivity index (χ0n) is 13.7. The lowest BCUT2D eigenvalue weighted by Crippen LogP contribution is -2.18. The smallest absolute Gasteiger partial charge is 0.255 e. The van der Waals surface area contributed by atoms with Gasteiger partial charge in [0.25, 0.3) is 5.91 Å². The second-order valence-electron chi connectivity index (χ2n) is 5.83. The van der Waals surface area contributed by atoms with Crippen LogP contribution in [0.4, 0.5) is 5.69 Å². The molecule has 2 aliphatic heterocycles. The maximum absolute atomic E-state index is 12.5. The molecule has 6 nitrogen and oxygen atoms in total. The van der Waals surface area contributed by atoms with Gasteiger partial charge in [-0.3, -0.25) is 4.79 Å². The number of fused-ring (bicyclic) bond motifs is 1. The Labute approximate surface area is 155 Å². The van der Waals surface area contributed by atoms with E-state index in [0.717, 1.165) is 11.1 Å². The summed E-state index contributed by atoms with van der Waals surface area (Å²) in [6.45, 7) is 0.682. The number of nitrogens with two attached hydrogens (primary N) is 1. The number of rotatable bonds is 3. The summed E-state index contributed by atoms with van der Waals surface area (Å²) < 4.78 is 11.2. The fourth-order valence-corrected chi connectivity index (χ4v) is 3.02. The Morgan fingerprint density at radius 2 is 1.88 bits per heavy atom. The average molecular weight is 370 g/mol. The highest BCUT2D eigenvalue weighted by molar-refractivity contribution is 6.30. The summed E-state index contributed by atoms with van der Waals surface area (Å²) >= 11 is 5.86. The number of halogens is 1. The second kappa shape index (κ2) is 6.65. The van der Waals surface area contributed by atoms with Crippen LogP contribution in [0.5, 0.6) is 11.5 Å². The summed E-state index contributed by atoms with van der Waals surface area (Å²) in [4.78, 5) is 12.5. The van der Waals surface area contributed by atoms with Crippen LogP contribution in [0.3, 0.4) is 0 Å². The molecule has 0 atom stereocenters. The van der Waals surface area contributed by atoms with E-state index in [2.05, 4.69) is 10.6 Å². The molecule has 0 aromatic heterocycles. The first kappa shape index (κ1) is 16.4. The largest absolute Gasteiger partial charge is 0.453 e. The minimum absolute atomic E-state index is 0.0899. The number of carbonyl (C=O) groups excluding carboxylic acids is 1. The molecule has 2 aliphatic rings. The van der Waals surface area contributed by atoms with Crippen LogP contribution >= 0.6 is 11.6 Å². The molecular formula is C19H16ClN3O3. The maximum atomic E-state index is 12.5. The minimum Gasteiger partial charge on any atom is -0.453 e. The topological polar surface area (TPSA) is 85.6 Å². The molecule has 4 rings (SSSR count). The second-order valence-corrected chi connectivity index (χ2v) is 6.27. The van der Waals surface area contributed by atoms with Gasteiger partial charge in [0, 0.05) is 34.0 Å². The lowest BCUT2D eigenvalue weighted by molar-refractivity contribution is 0.102. The summed E-state index contributed by atoms with van der Waals surface area (Å²) in [5.74, 6) is 0.821. The highest BCUT2D eigenvalue weighted by atomic mass is 35.5. The van der Waals surface area contributed by atoms with Gasteiger partial charge in [-0.1, -0.05) is 11.6 Å². The lowest BCUT2D eigenvalue weighted by Gasteiger charge is -2.17. The summed E-state index contributed by atoms with van der Waals surface area (Å²) in [5.41, 5.74) is 9.56. The van der Waals surface area contributed by atoms with Gasteiger partial charge in [-0.15, -0.1) is 0 Å². The number of amides is 1. The van der Waals surface area contributed by atoms with Crippen LogP contribution < -0.4 is 25.8 Å². The number of carbonyl (C=O) groups is 1. The average Bonchev–Trinajstić information content (AvgIpc) is 3.13. The number of dihydropyridines is 1. The summed E-state index contributed by atoms with van der Waals surface area (Å²) in [6.07, 6.45) is 3.61. The van der Waals surface area contributed by atoms with Gasteiger partial charge in [0.2, 0.25) is 6.79 Å². The molecule has 7 heteroatoms. The van der Waals surface area contributed by atoms with E-state index >= 15 is 0 Å². The minimum atomic E-state index is -0.256. The zero-order chi connectivity index (χ0) is 18.1. The van der Waals surface area contributed by atoms with E-state index in [9.17, 15) is 4.79 Å². The van der Waals surface area contributed by atoms with Crippen molar-refractivity contribution in [1.82, 2.24) is 5.32 Å². The van der Waals surface area contributed by atoms with Crippen LogP contribution in [0.1, 0.15) is 15.9 Å². The quantitative estimate of drug-likeness (QED) is 0.774. The Morgan fingerprint density at radius 3 is 2.65 bits per heavy atom. The first-order valence-electron chi connectivity index (χ1n) is 8.02. The number of nitrogens with one attached hydrogen (secondary N) is 2. The summed E-state index contributed by atoms with van der Waals surface area (Å²) in [5, 5.41) is 6.56. The number of hydrogen-bond acceptors (Lipinski definition) is 5. The SMILES string of the molecule is NC1=C(c2ccc(NC(=O)c3ccc(Cl)cc3)c3c2OCO3)CNC=C1. The van der Waals surface area contributed by atoms with Crippen molar-refractivity contribution in [3.8, 4) is 11.5 Å². The molecule has 0 unspecified atom stereocenters. The summed E-state index contributed by atoms with van der Waals surface area (Å²) in [6, 6.07) is 10.3. The van der Waals surface area contributed by atoms with Crippen LogP contribution in [-0.2, 0) is 0 Å². The van der Waals surface area contributed by atoms with Gasteiger partial charge in [0.05, 0.1) is 5.69 Å². The molecule has 0 radical (unpaired) electrons. The monoisotopic (exact) mass is 369 g/mol. The van der Waals surface area contributed by atoms with Crippen molar-refractivity contribution >= 4 is 28.8 Å². The Kier molecular flexibility index (Phi) is 4.18. The van der Waals surface area contributed by atoms with Gasteiger partial charge in [0.15, 0.2) is 11.5 Å². The van der Waals surface area contributed by atoms with E-state index in [0.29, 0.717) is 40.0 Å². The predicted molar refractivity (Wildman–Crippen MR) is 100 cm³/mol. The Bertz CT molecular complexity index is 936. The van der Waals surface area contributed by atoms with Crippen LogP contribution in [0, 0.1) is 0 Å². The molecule has 2 heterocycles. The fraction of sp³-hybridized carbons (Fsp3) is 0.105. The van der Waals surface area contributed by atoms with Crippen molar-refractivity contribution in [3.63, 3.8) is 0 Å². The molecular weight excluding hydrogens is 354 g/mol. The Morgan fingerprint density at radius 1 is 1.12 bits per heavy atom. The highest BCUT2D eigenvalue weighted by Crippen LogP contribution is 2.45. The van der Waals surface area contributed by atoms with Gasteiger partial charge >= 0.3 is 0 Å². The van der Waals surface area contributed by atoms with Gasteiger partial charge < -0.3 is 25.8 Å². The van der Waals surface area contributed by atoms with Crippen LogP contribution in [0.15, 0.2) is 54.4 Å². The van der Waals surface area contributed by atoms with Gasteiger partial charge in [0.1, 0.15) is 0 Å². The molecule has 0 bridgehead atoms. The van der Waals surface area contributed by atoms with Crippen molar-refractivity contribution in [2.75, 3.05) is 18.7 Å². The van der Waals surface area contributed by atoms with Crippen LogP contribution in [0.25, 0.3) is 5.57 Å². The molecule has 4 N–H and O–H groups in total. The first-order valence-corrected chi connectivity index (χ1v) is 8.40. The Balaban J connectivity index is 1.67. The molecule has 0 saturated heterocycles. The van der Waals surface area contributed by atoms with Crippen molar-refractivity contribution in [2.45, 2.75) is 0 Å². The fourth-order valence-electron chi connectivity index (χ4n) is 2.89. The number of ether oxygens (including phenoxy) is 2. The van der Waals surface area contributed by atoms with E-state index < -0.39 is 0 Å². The highest BCUT2D eigenvalue weighted by Gasteiger charge is 2.26. The number of anilines is 1. The standard InChI is InChI=1S/C19H16ClN3O3/c20-12-3-1-11(2-4-12)19(24)23-16-6-5-13(17-18(16)26-10-25-17)14-9-22-8-7-15(14)21/h1-8,22H,9-10,21H2,(H,23,24).